The van der Waals surface area contributed by atoms with E-state index in [-0.39, 0.29) is 34.6 Å². The van der Waals surface area contributed by atoms with E-state index in [0.717, 1.165) is 15.9 Å². The second-order valence-electron chi connectivity index (χ2n) is 6.64. The van der Waals surface area contributed by atoms with Gasteiger partial charge in [0.1, 0.15) is 11.7 Å². The molecule has 0 aliphatic rings. The van der Waals surface area contributed by atoms with E-state index in [1.54, 1.807) is 12.1 Å². The van der Waals surface area contributed by atoms with Crippen LogP contribution in [0.5, 0.6) is 5.88 Å². The lowest BCUT2D eigenvalue weighted by Crippen LogP contribution is -2.33. The summed E-state index contributed by atoms with van der Waals surface area (Å²) in [4.78, 5) is 43.5. The number of furan rings is 1. The van der Waals surface area contributed by atoms with Crippen LogP contribution in [0, 0.1) is 5.92 Å². The van der Waals surface area contributed by atoms with Gasteiger partial charge in [-0.25, -0.2) is 19.1 Å². The van der Waals surface area contributed by atoms with Gasteiger partial charge in [-0.3, -0.25) is 9.78 Å². The van der Waals surface area contributed by atoms with E-state index >= 15 is 0 Å². The number of H-pyrrole nitrogens is 1. The number of hydrogen-bond acceptors (Lipinski definition) is 8. The molecule has 0 fully saturated rings. The van der Waals surface area contributed by atoms with Crippen LogP contribution >= 0.6 is 11.3 Å². The number of aromatic amines is 1. The average molecular weight is 420 g/mol. The molecule has 0 unspecified atom stereocenters. The lowest BCUT2D eigenvalue weighted by atomic mass is 10.0. The molecule has 0 spiro atoms. The van der Waals surface area contributed by atoms with Gasteiger partial charge in [-0.15, -0.1) is 11.3 Å². The third kappa shape index (κ3) is 4.24. The number of imidazole rings is 1. The van der Waals surface area contributed by atoms with Gasteiger partial charge in [0.2, 0.25) is 11.8 Å². The molecule has 0 aromatic carbocycles. The average Bonchev–Trinajstić information content (AvgIpc) is 3.40. The Kier molecular flexibility index (Phi) is 5.87. The van der Waals surface area contributed by atoms with Crippen molar-refractivity contribution in [2.75, 3.05) is 12.4 Å². The molecular weight excluding hydrogens is 400 g/mol. The zero-order valence-corrected chi connectivity index (χ0v) is 16.8. The third-order valence-corrected chi connectivity index (χ3v) is 4.87. The Morgan fingerprint density at radius 3 is 2.83 bits per heavy atom. The van der Waals surface area contributed by atoms with Crippen molar-refractivity contribution in [1.29, 1.82) is 0 Å². The summed E-state index contributed by atoms with van der Waals surface area (Å²) in [5, 5.41) is 14.8. The highest BCUT2D eigenvalue weighted by Gasteiger charge is 2.29. The predicted octanol–water partition coefficient (Wildman–Crippen LogP) is 2.61. The molecule has 11 heteroatoms. The smallest absolute Gasteiger partial charge is 0.357 e. The molecule has 0 aliphatic carbocycles. The first-order valence-corrected chi connectivity index (χ1v) is 9.61. The quantitative estimate of drug-likeness (QED) is 0.499. The molecule has 3 aromatic heterocycles. The molecule has 3 aromatic rings. The highest BCUT2D eigenvalue weighted by atomic mass is 32.1. The molecule has 3 rings (SSSR count). The summed E-state index contributed by atoms with van der Waals surface area (Å²) < 4.78 is 10.8. The molecule has 10 nitrogen and oxygen atoms in total. The van der Waals surface area contributed by atoms with Crippen molar-refractivity contribution in [3.63, 3.8) is 0 Å². The second-order valence-corrected chi connectivity index (χ2v) is 7.50. The van der Waals surface area contributed by atoms with Gasteiger partial charge in [-0.05, 0) is 24.5 Å². The van der Waals surface area contributed by atoms with Crippen LogP contribution in [0.2, 0.25) is 0 Å². The fraction of sp³-hybridized carbons (Fsp3) is 0.333. The molecule has 0 radical (unpaired) electrons. The maximum Gasteiger partial charge on any atom is 0.357 e. The van der Waals surface area contributed by atoms with Gasteiger partial charge >= 0.3 is 11.7 Å². The number of nitrogens with one attached hydrogen (secondary N) is 2. The maximum absolute atomic E-state index is 12.9. The van der Waals surface area contributed by atoms with E-state index in [4.69, 9.17) is 4.42 Å². The fourth-order valence-corrected chi connectivity index (χ4v) is 3.50. The van der Waals surface area contributed by atoms with Crippen LogP contribution in [-0.2, 0) is 9.53 Å². The summed E-state index contributed by atoms with van der Waals surface area (Å²) in [6.45, 7) is 3.78. The summed E-state index contributed by atoms with van der Waals surface area (Å²) in [6.07, 6.45) is 1.69. The van der Waals surface area contributed by atoms with Crippen LogP contribution in [0.3, 0.4) is 0 Å². The highest BCUT2D eigenvalue weighted by Crippen LogP contribution is 2.31. The number of aromatic nitrogens is 3. The Bertz CT molecular complexity index is 1060. The van der Waals surface area contributed by atoms with Crippen LogP contribution in [0.15, 0.2) is 33.0 Å². The van der Waals surface area contributed by atoms with Crippen molar-refractivity contribution in [3.05, 3.63) is 40.0 Å². The van der Waals surface area contributed by atoms with Crippen molar-refractivity contribution in [2.45, 2.75) is 26.3 Å². The van der Waals surface area contributed by atoms with E-state index in [2.05, 4.69) is 20.0 Å². The molecule has 154 valence electrons. The van der Waals surface area contributed by atoms with E-state index in [1.165, 1.54) is 18.8 Å². The molecule has 1 atom stereocenters. The van der Waals surface area contributed by atoms with Gasteiger partial charge in [-0.1, -0.05) is 13.8 Å². The first-order valence-electron chi connectivity index (χ1n) is 8.73. The van der Waals surface area contributed by atoms with Crippen LogP contribution in [-0.4, -0.2) is 38.6 Å². The first kappa shape index (κ1) is 20.4. The van der Waals surface area contributed by atoms with Crippen molar-refractivity contribution in [1.82, 2.24) is 14.5 Å². The van der Waals surface area contributed by atoms with Crippen LogP contribution in [0.25, 0.3) is 11.5 Å². The van der Waals surface area contributed by atoms with E-state index in [9.17, 15) is 19.5 Å². The van der Waals surface area contributed by atoms with E-state index < -0.39 is 29.5 Å². The zero-order chi connectivity index (χ0) is 21.1. The van der Waals surface area contributed by atoms with E-state index in [1.807, 2.05) is 13.8 Å². The number of carbonyl (C=O) groups excluding carboxylic acids is 2. The number of aromatic hydroxyl groups is 1. The van der Waals surface area contributed by atoms with Crippen molar-refractivity contribution < 1.29 is 23.8 Å². The first-order chi connectivity index (χ1) is 13.8. The van der Waals surface area contributed by atoms with Crippen LogP contribution in [0.4, 0.5) is 5.13 Å². The zero-order valence-electron chi connectivity index (χ0n) is 16.0. The molecule has 0 saturated carbocycles. The molecule has 1 amide bonds. The number of ether oxygens (including phenoxy) is 1. The number of nitrogens with zero attached hydrogens (tertiary/aromatic N) is 2. The topological polar surface area (TPSA) is 139 Å². The Morgan fingerprint density at radius 2 is 2.21 bits per heavy atom. The lowest BCUT2D eigenvalue weighted by molar-refractivity contribution is -0.119. The Morgan fingerprint density at radius 1 is 1.45 bits per heavy atom. The van der Waals surface area contributed by atoms with Gasteiger partial charge in [0.15, 0.2) is 16.6 Å². The fourth-order valence-electron chi connectivity index (χ4n) is 2.82. The number of thiazole rings is 1. The van der Waals surface area contributed by atoms with Crippen LogP contribution in [0.1, 0.15) is 36.8 Å². The predicted molar refractivity (Wildman–Crippen MR) is 105 cm³/mol. The Hall–Kier alpha value is -3.34. The number of methoxy groups -OCH3 is 1. The molecular formula is C18H20N4O6S. The minimum atomic E-state index is -1.01. The normalized spacial score (nSPS) is 12.1. The van der Waals surface area contributed by atoms with Crippen LogP contribution < -0.4 is 11.0 Å². The lowest BCUT2D eigenvalue weighted by Gasteiger charge is -2.19. The van der Waals surface area contributed by atoms with Gasteiger partial charge in [-0.2, -0.15) is 0 Å². The summed E-state index contributed by atoms with van der Waals surface area (Å²) >= 11 is 1.05. The number of anilines is 1. The molecule has 3 N–H and O–H groups in total. The number of amides is 1. The standard InChI is InChI=1S/C18H20N4O6S/c1-9(2)7-11(14(23)21-17-19-10(8-29-17)16(25)27-3)22-15(24)13(20-18(22)26)12-5-4-6-28-12/h4-6,8-9,11,24H,7H2,1-3H3,(H,20,26)(H,19,21,23)/t11-/m0/s1. The Balaban J connectivity index is 1.92. The van der Waals surface area contributed by atoms with Crippen molar-refractivity contribution in [2.24, 2.45) is 5.92 Å². The minimum absolute atomic E-state index is 0.0425. The number of esters is 1. The molecule has 0 saturated heterocycles. The monoisotopic (exact) mass is 420 g/mol. The summed E-state index contributed by atoms with van der Waals surface area (Å²) in [7, 11) is 1.23. The molecule has 0 bridgehead atoms. The Labute approximate surface area is 169 Å². The maximum atomic E-state index is 12.9. The number of carbonyl (C=O) groups is 2. The third-order valence-electron chi connectivity index (χ3n) is 4.11. The largest absolute Gasteiger partial charge is 0.493 e. The molecule has 29 heavy (non-hydrogen) atoms. The van der Waals surface area contributed by atoms with Gasteiger partial charge in [0.05, 0.1) is 13.4 Å². The van der Waals surface area contributed by atoms with Gasteiger partial charge in [0.25, 0.3) is 0 Å². The minimum Gasteiger partial charge on any atom is -0.493 e. The van der Waals surface area contributed by atoms with E-state index in [0.29, 0.717) is 0 Å². The van der Waals surface area contributed by atoms with Crippen molar-refractivity contribution >= 4 is 28.3 Å². The van der Waals surface area contributed by atoms with Crippen molar-refractivity contribution in [3.8, 4) is 17.3 Å². The summed E-state index contributed by atoms with van der Waals surface area (Å²) in [5.74, 6) is -1.26. The number of hydrogen-bond donors (Lipinski definition) is 3. The van der Waals surface area contributed by atoms with Gasteiger partial charge < -0.3 is 19.6 Å². The molecule has 3 heterocycles. The summed E-state index contributed by atoms with van der Waals surface area (Å²) in [6, 6.07) is 2.19. The number of rotatable bonds is 7. The SMILES string of the molecule is COC(=O)c1csc(NC(=O)[C@H](CC(C)C)n2c(O)c(-c3ccco3)[nH]c2=O)n1. The highest BCUT2D eigenvalue weighted by molar-refractivity contribution is 7.14. The van der Waals surface area contributed by atoms with Gasteiger partial charge in [0, 0.05) is 5.38 Å². The summed E-state index contributed by atoms with van der Waals surface area (Å²) in [5.41, 5.74) is -0.497. The second kappa shape index (κ2) is 8.35. The molecule has 0 aliphatic heterocycles.